The second-order valence-corrected chi connectivity index (χ2v) is 9.08. The van der Waals surface area contributed by atoms with Crippen molar-refractivity contribution in [1.29, 1.82) is 0 Å². The van der Waals surface area contributed by atoms with Gasteiger partial charge in [0.15, 0.2) is 0 Å². The van der Waals surface area contributed by atoms with Crippen LogP contribution in [0.4, 0.5) is 10.5 Å². The minimum atomic E-state index is -1.22. The number of nitro groups is 1. The number of hydrogen-bond donors (Lipinski definition) is 2. The first kappa shape index (κ1) is 27.1. The molecule has 3 aromatic rings. The predicted molar refractivity (Wildman–Crippen MR) is 141 cm³/mol. The van der Waals surface area contributed by atoms with Gasteiger partial charge in [0.2, 0.25) is 11.8 Å². The summed E-state index contributed by atoms with van der Waals surface area (Å²) in [5.41, 5.74) is 8.29. The molecule has 11 heteroatoms. The Morgan fingerprint density at radius 2 is 1.77 bits per heavy atom. The minimum absolute atomic E-state index is 0.0304. The largest absolute Gasteiger partial charge is 0.496 e. The Bertz CT molecular complexity index is 1380. The number of nitrogens with zero attached hydrogens (tertiary/aromatic N) is 2. The first-order valence-corrected chi connectivity index (χ1v) is 12.2. The Morgan fingerprint density at radius 3 is 2.44 bits per heavy atom. The molecule has 0 unspecified atom stereocenters. The standard InChI is InChI=1S/C28H28N4O7/c1-38-25-12-11-22(32(36)37)13-21(25)14-23(26(29)33)30-27(34)24-15-19-9-5-6-10-20(19)16-31(24)28(35)39-17-18-7-3-2-4-8-18/h2-13,23-24H,14-17H2,1H3,(H2,29,33)(H,30,34)/t23-,24-/m0/s1. The molecule has 0 saturated heterocycles. The number of rotatable bonds is 9. The lowest BCUT2D eigenvalue weighted by Gasteiger charge is -2.35. The molecule has 0 bridgehead atoms. The van der Waals surface area contributed by atoms with Crippen molar-refractivity contribution < 1.29 is 28.8 Å². The maximum absolute atomic E-state index is 13.5. The second-order valence-electron chi connectivity index (χ2n) is 9.08. The fourth-order valence-electron chi connectivity index (χ4n) is 4.50. The highest BCUT2D eigenvalue weighted by atomic mass is 16.6. The number of amides is 3. The molecule has 1 aliphatic rings. The van der Waals surface area contributed by atoms with Crippen LogP contribution in [0.15, 0.2) is 72.8 Å². The highest BCUT2D eigenvalue weighted by Gasteiger charge is 2.37. The Hall–Kier alpha value is -4.93. The Morgan fingerprint density at radius 1 is 1.08 bits per heavy atom. The average molecular weight is 533 g/mol. The summed E-state index contributed by atoms with van der Waals surface area (Å²) >= 11 is 0. The molecule has 3 amide bonds. The monoisotopic (exact) mass is 532 g/mol. The van der Waals surface area contributed by atoms with Gasteiger partial charge in [-0.1, -0.05) is 54.6 Å². The van der Waals surface area contributed by atoms with Gasteiger partial charge in [0.05, 0.1) is 18.6 Å². The number of carbonyl (C=O) groups is 3. The highest BCUT2D eigenvalue weighted by molar-refractivity contribution is 5.91. The van der Waals surface area contributed by atoms with Crippen LogP contribution in [0.25, 0.3) is 0 Å². The Balaban J connectivity index is 1.55. The Labute approximate surface area is 224 Å². The molecular weight excluding hydrogens is 504 g/mol. The SMILES string of the molecule is COc1ccc([N+](=O)[O-])cc1C[C@H](NC(=O)[C@@H]1Cc2ccccc2CN1C(=O)OCc1ccccc1)C(N)=O. The summed E-state index contributed by atoms with van der Waals surface area (Å²) in [7, 11) is 1.39. The lowest BCUT2D eigenvalue weighted by molar-refractivity contribution is -0.384. The third-order valence-electron chi connectivity index (χ3n) is 6.55. The topological polar surface area (TPSA) is 154 Å². The van der Waals surface area contributed by atoms with E-state index in [1.807, 2.05) is 54.6 Å². The summed E-state index contributed by atoms with van der Waals surface area (Å²) in [6, 6.07) is 18.4. The van der Waals surface area contributed by atoms with Gasteiger partial charge in [0.25, 0.3) is 5.69 Å². The molecule has 1 aliphatic heterocycles. The van der Waals surface area contributed by atoms with Crippen molar-refractivity contribution in [3.05, 3.63) is 105 Å². The number of carbonyl (C=O) groups excluding carboxylic acids is 3. The third-order valence-corrected chi connectivity index (χ3v) is 6.55. The van der Waals surface area contributed by atoms with Crippen LogP contribution in [-0.2, 0) is 40.3 Å². The van der Waals surface area contributed by atoms with Crippen LogP contribution in [0.2, 0.25) is 0 Å². The van der Waals surface area contributed by atoms with Crippen molar-refractivity contribution in [1.82, 2.24) is 10.2 Å². The average Bonchev–Trinajstić information content (AvgIpc) is 2.95. The van der Waals surface area contributed by atoms with Crippen molar-refractivity contribution in [3.63, 3.8) is 0 Å². The van der Waals surface area contributed by atoms with Gasteiger partial charge in [-0.05, 0) is 22.8 Å². The summed E-state index contributed by atoms with van der Waals surface area (Å²) in [6.45, 7) is 0.171. The third kappa shape index (κ3) is 6.50. The minimum Gasteiger partial charge on any atom is -0.496 e. The molecule has 0 fully saturated rings. The van der Waals surface area contributed by atoms with E-state index < -0.39 is 34.9 Å². The molecule has 1 heterocycles. The van der Waals surface area contributed by atoms with E-state index in [2.05, 4.69) is 5.32 Å². The molecule has 0 aromatic heterocycles. The van der Waals surface area contributed by atoms with Crippen LogP contribution in [0.1, 0.15) is 22.3 Å². The van der Waals surface area contributed by atoms with E-state index in [9.17, 15) is 24.5 Å². The quantitative estimate of drug-likeness (QED) is 0.317. The summed E-state index contributed by atoms with van der Waals surface area (Å²) in [5, 5.41) is 13.9. The molecule has 0 aliphatic carbocycles. The smallest absolute Gasteiger partial charge is 0.411 e. The zero-order valence-corrected chi connectivity index (χ0v) is 21.2. The number of nitrogens with one attached hydrogen (secondary N) is 1. The van der Waals surface area contributed by atoms with Gasteiger partial charge in [-0.25, -0.2) is 4.79 Å². The summed E-state index contributed by atoms with van der Waals surface area (Å²) in [6.07, 6.45) is -0.619. The molecule has 39 heavy (non-hydrogen) atoms. The van der Waals surface area contributed by atoms with Crippen molar-refractivity contribution in [2.45, 2.75) is 38.1 Å². The van der Waals surface area contributed by atoms with E-state index in [1.54, 1.807) is 0 Å². The van der Waals surface area contributed by atoms with Crippen LogP contribution < -0.4 is 15.8 Å². The number of ether oxygens (including phenoxy) is 2. The lowest BCUT2D eigenvalue weighted by Crippen LogP contribution is -2.56. The normalized spacial score (nSPS) is 15.0. The predicted octanol–water partition coefficient (Wildman–Crippen LogP) is 2.88. The number of fused-ring (bicyclic) bond motifs is 1. The van der Waals surface area contributed by atoms with Crippen molar-refractivity contribution >= 4 is 23.6 Å². The fourth-order valence-corrected chi connectivity index (χ4v) is 4.50. The Kier molecular flexibility index (Phi) is 8.40. The van der Waals surface area contributed by atoms with Crippen LogP contribution in [-0.4, -0.2) is 46.9 Å². The molecule has 2 atom stereocenters. The van der Waals surface area contributed by atoms with Gasteiger partial charge in [-0.2, -0.15) is 0 Å². The summed E-state index contributed by atoms with van der Waals surface area (Å²) in [5.74, 6) is -1.14. The number of nitrogens with two attached hydrogens (primary N) is 1. The van der Waals surface area contributed by atoms with E-state index in [0.29, 0.717) is 11.3 Å². The molecule has 0 spiro atoms. The molecule has 4 rings (SSSR count). The van der Waals surface area contributed by atoms with E-state index in [-0.39, 0.29) is 31.7 Å². The number of non-ortho nitro benzene ring substituents is 1. The number of primary amides is 1. The summed E-state index contributed by atoms with van der Waals surface area (Å²) < 4.78 is 10.8. The van der Waals surface area contributed by atoms with E-state index >= 15 is 0 Å². The molecular formula is C28H28N4O7. The number of benzene rings is 3. The zero-order chi connectivity index (χ0) is 27.9. The molecule has 3 N–H and O–H groups in total. The highest BCUT2D eigenvalue weighted by Crippen LogP contribution is 2.27. The van der Waals surface area contributed by atoms with Crippen LogP contribution >= 0.6 is 0 Å². The van der Waals surface area contributed by atoms with E-state index in [1.165, 1.54) is 30.2 Å². The maximum Gasteiger partial charge on any atom is 0.411 e. The van der Waals surface area contributed by atoms with Gasteiger partial charge < -0.3 is 20.5 Å². The molecule has 0 saturated carbocycles. The van der Waals surface area contributed by atoms with Crippen molar-refractivity contribution in [2.75, 3.05) is 7.11 Å². The van der Waals surface area contributed by atoms with Gasteiger partial charge in [-0.15, -0.1) is 0 Å². The van der Waals surface area contributed by atoms with Gasteiger partial charge in [0.1, 0.15) is 24.4 Å². The van der Waals surface area contributed by atoms with E-state index in [4.69, 9.17) is 15.2 Å². The fraction of sp³-hybridized carbons (Fsp3) is 0.250. The van der Waals surface area contributed by atoms with Gasteiger partial charge in [-0.3, -0.25) is 24.6 Å². The lowest BCUT2D eigenvalue weighted by atomic mass is 9.93. The van der Waals surface area contributed by atoms with Crippen molar-refractivity contribution in [2.24, 2.45) is 5.73 Å². The van der Waals surface area contributed by atoms with E-state index in [0.717, 1.165) is 16.7 Å². The maximum atomic E-state index is 13.5. The molecule has 3 aromatic carbocycles. The zero-order valence-electron chi connectivity index (χ0n) is 21.2. The first-order valence-electron chi connectivity index (χ1n) is 12.2. The molecule has 0 radical (unpaired) electrons. The molecule has 202 valence electrons. The summed E-state index contributed by atoms with van der Waals surface area (Å²) in [4.78, 5) is 51.0. The number of methoxy groups -OCH3 is 1. The second kappa shape index (κ2) is 12.1. The van der Waals surface area contributed by atoms with Gasteiger partial charge >= 0.3 is 6.09 Å². The molecule has 11 nitrogen and oxygen atoms in total. The first-order chi connectivity index (χ1) is 18.8. The number of nitro benzene ring substituents is 1. The van der Waals surface area contributed by atoms with Gasteiger partial charge in [0, 0.05) is 30.5 Å². The van der Waals surface area contributed by atoms with Crippen LogP contribution in [0.5, 0.6) is 5.75 Å². The number of hydrogen-bond acceptors (Lipinski definition) is 7. The van der Waals surface area contributed by atoms with Crippen molar-refractivity contribution in [3.8, 4) is 5.75 Å². The van der Waals surface area contributed by atoms with Crippen LogP contribution in [0.3, 0.4) is 0 Å². The van der Waals surface area contributed by atoms with Crippen LogP contribution in [0, 0.1) is 10.1 Å².